The van der Waals surface area contributed by atoms with Gasteiger partial charge in [-0.25, -0.2) is 14.4 Å². The van der Waals surface area contributed by atoms with E-state index in [-0.39, 0.29) is 5.56 Å². The Labute approximate surface area is 190 Å². The van der Waals surface area contributed by atoms with E-state index in [0.29, 0.717) is 16.3 Å². The number of aliphatic imine (C=N–C) groups is 1. The van der Waals surface area contributed by atoms with Crippen LogP contribution in [0.15, 0.2) is 31.2 Å². The minimum atomic E-state index is -0.742. The predicted molar refractivity (Wildman–Crippen MR) is 124 cm³/mol. The molecule has 31 heavy (non-hydrogen) atoms. The highest BCUT2D eigenvalue weighted by Crippen LogP contribution is 2.39. The first kappa shape index (κ1) is 21.3. The number of nitrogens with one attached hydrogen (secondary N) is 1. The van der Waals surface area contributed by atoms with Crippen molar-refractivity contribution >= 4 is 38.5 Å². The molecule has 0 amide bonds. The second kappa shape index (κ2) is 8.29. The molecule has 0 saturated heterocycles. The number of nitrogens with zero attached hydrogens (tertiary/aromatic N) is 3. The molecule has 3 aromatic rings. The SMILES string of the molecule is Cc1cc(-n2c(O)c(C=Nc3sc4c(c3C#N)CCCC4)c(=O)[nH]c2=O)c(C)cc1Br. The molecule has 4 rings (SSSR count). The summed E-state index contributed by atoms with van der Waals surface area (Å²) in [6.45, 7) is 3.67. The van der Waals surface area contributed by atoms with Crippen LogP contribution in [-0.2, 0) is 12.8 Å². The van der Waals surface area contributed by atoms with Gasteiger partial charge in [0.2, 0.25) is 5.88 Å². The van der Waals surface area contributed by atoms with E-state index in [2.05, 4.69) is 32.0 Å². The van der Waals surface area contributed by atoms with Crippen molar-refractivity contribution in [2.24, 2.45) is 4.99 Å². The van der Waals surface area contributed by atoms with Crippen LogP contribution in [0.5, 0.6) is 5.88 Å². The monoisotopic (exact) mass is 498 g/mol. The van der Waals surface area contributed by atoms with Crippen molar-refractivity contribution < 1.29 is 5.11 Å². The molecule has 0 saturated carbocycles. The Morgan fingerprint density at radius 1 is 1.26 bits per heavy atom. The number of hydrogen-bond acceptors (Lipinski definition) is 6. The molecule has 9 heteroatoms. The molecule has 1 aliphatic carbocycles. The van der Waals surface area contributed by atoms with Gasteiger partial charge in [-0.15, -0.1) is 11.3 Å². The average molecular weight is 499 g/mol. The van der Waals surface area contributed by atoms with Gasteiger partial charge in [0.15, 0.2) is 0 Å². The van der Waals surface area contributed by atoms with E-state index in [1.54, 1.807) is 13.0 Å². The third-order valence-corrected chi connectivity index (χ3v) is 7.47. The number of H-pyrrole nitrogens is 1. The molecule has 0 radical (unpaired) electrons. The van der Waals surface area contributed by atoms with E-state index in [4.69, 9.17) is 0 Å². The topological polar surface area (TPSA) is 111 Å². The number of nitriles is 1. The van der Waals surface area contributed by atoms with Crippen LogP contribution in [0.1, 0.15) is 45.5 Å². The van der Waals surface area contributed by atoms with E-state index >= 15 is 0 Å². The van der Waals surface area contributed by atoms with Crippen molar-refractivity contribution in [2.45, 2.75) is 39.5 Å². The summed E-state index contributed by atoms with van der Waals surface area (Å²) < 4.78 is 1.93. The van der Waals surface area contributed by atoms with Crippen LogP contribution in [0.2, 0.25) is 0 Å². The van der Waals surface area contributed by atoms with Gasteiger partial charge in [-0.2, -0.15) is 5.26 Å². The normalized spacial score (nSPS) is 13.4. The molecule has 1 aromatic carbocycles. The lowest BCUT2D eigenvalue weighted by Crippen LogP contribution is -2.31. The van der Waals surface area contributed by atoms with Crippen molar-refractivity contribution in [2.75, 3.05) is 0 Å². The molecule has 0 unspecified atom stereocenters. The van der Waals surface area contributed by atoms with Gasteiger partial charge < -0.3 is 5.11 Å². The van der Waals surface area contributed by atoms with Gasteiger partial charge in [-0.05, 0) is 68.4 Å². The molecule has 7 nitrogen and oxygen atoms in total. The Bertz CT molecular complexity index is 1390. The van der Waals surface area contributed by atoms with Crippen LogP contribution in [0, 0.1) is 25.2 Å². The van der Waals surface area contributed by atoms with E-state index in [9.17, 15) is 20.0 Å². The summed E-state index contributed by atoms with van der Waals surface area (Å²) in [5.74, 6) is -0.498. The van der Waals surface area contributed by atoms with Gasteiger partial charge in [-0.3, -0.25) is 9.78 Å². The number of halogens is 1. The zero-order valence-corrected chi connectivity index (χ0v) is 19.4. The number of fused-ring (bicyclic) bond motifs is 1. The quantitative estimate of drug-likeness (QED) is 0.527. The first-order valence-corrected chi connectivity index (χ1v) is 11.4. The fourth-order valence-corrected chi connectivity index (χ4v) is 5.41. The Kier molecular flexibility index (Phi) is 5.69. The zero-order valence-electron chi connectivity index (χ0n) is 17.0. The van der Waals surface area contributed by atoms with Crippen LogP contribution in [0.4, 0.5) is 5.00 Å². The first-order chi connectivity index (χ1) is 14.8. The molecule has 2 aromatic heterocycles. The third kappa shape index (κ3) is 3.77. The first-order valence-electron chi connectivity index (χ1n) is 9.76. The van der Waals surface area contributed by atoms with Crippen LogP contribution in [0.25, 0.3) is 5.69 Å². The summed E-state index contributed by atoms with van der Waals surface area (Å²) in [4.78, 5) is 32.7. The maximum atomic E-state index is 12.5. The summed E-state index contributed by atoms with van der Waals surface area (Å²) >= 11 is 4.89. The molecule has 1 aliphatic rings. The highest BCUT2D eigenvalue weighted by molar-refractivity contribution is 9.10. The minimum absolute atomic E-state index is 0.144. The predicted octanol–water partition coefficient (Wildman–Crippen LogP) is 4.17. The highest BCUT2D eigenvalue weighted by atomic mass is 79.9. The molecule has 0 spiro atoms. The second-order valence-corrected chi connectivity index (χ2v) is 9.42. The van der Waals surface area contributed by atoms with Crippen LogP contribution in [-0.4, -0.2) is 20.9 Å². The van der Waals surface area contributed by atoms with Crippen molar-refractivity contribution in [1.29, 1.82) is 5.26 Å². The molecule has 0 fully saturated rings. The molecule has 0 bridgehead atoms. The van der Waals surface area contributed by atoms with Crippen LogP contribution < -0.4 is 11.2 Å². The summed E-state index contributed by atoms with van der Waals surface area (Å²) in [6.07, 6.45) is 5.12. The maximum Gasteiger partial charge on any atom is 0.335 e. The fourth-order valence-electron chi connectivity index (χ4n) is 3.77. The molecular formula is C22H19BrN4O3S. The summed E-state index contributed by atoms with van der Waals surface area (Å²) in [7, 11) is 0. The molecule has 0 atom stereocenters. The summed E-state index contributed by atoms with van der Waals surface area (Å²) in [5.41, 5.74) is 2.00. The number of thiophene rings is 1. The van der Waals surface area contributed by atoms with E-state index < -0.39 is 17.1 Å². The zero-order chi connectivity index (χ0) is 22.3. The van der Waals surface area contributed by atoms with Gasteiger partial charge in [0.25, 0.3) is 5.56 Å². The van der Waals surface area contributed by atoms with E-state index in [1.807, 2.05) is 13.0 Å². The van der Waals surface area contributed by atoms with E-state index in [0.717, 1.165) is 56.3 Å². The third-order valence-electron chi connectivity index (χ3n) is 5.41. The lowest BCUT2D eigenvalue weighted by molar-refractivity contribution is 0.430. The van der Waals surface area contributed by atoms with E-state index in [1.165, 1.54) is 17.6 Å². The van der Waals surface area contributed by atoms with Gasteiger partial charge in [0.1, 0.15) is 16.6 Å². The highest BCUT2D eigenvalue weighted by Gasteiger charge is 2.21. The molecule has 2 N–H and O–H groups in total. The van der Waals surface area contributed by atoms with Crippen LogP contribution in [0.3, 0.4) is 0 Å². The van der Waals surface area contributed by atoms with Crippen molar-refractivity contribution in [3.63, 3.8) is 0 Å². The number of aromatic amines is 1. The summed E-state index contributed by atoms with van der Waals surface area (Å²) in [6, 6.07) is 5.81. The number of rotatable bonds is 3. The Morgan fingerprint density at radius 3 is 2.74 bits per heavy atom. The molecule has 0 aliphatic heterocycles. The van der Waals surface area contributed by atoms with Gasteiger partial charge in [0, 0.05) is 15.6 Å². The maximum absolute atomic E-state index is 12.5. The number of hydrogen-bond donors (Lipinski definition) is 2. The Morgan fingerprint density at radius 2 is 2.00 bits per heavy atom. The summed E-state index contributed by atoms with van der Waals surface area (Å²) in [5, 5.41) is 20.9. The second-order valence-electron chi connectivity index (χ2n) is 7.48. The largest absolute Gasteiger partial charge is 0.493 e. The average Bonchev–Trinajstić information content (AvgIpc) is 3.08. The Balaban J connectivity index is 1.85. The fraction of sp³-hybridized carbons (Fsp3) is 0.273. The number of benzene rings is 1. The lowest BCUT2D eigenvalue weighted by Gasteiger charge is -2.13. The molecular weight excluding hydrogens is 480 g/mol. The molecule has 2 heterocycles. The van der Waals surface area contributed by atoms with Crippen LogP contribution >= 0.6 is 27.3 Å². The lowest BCUT2D eigenvalue weighted by atomic mass is 9.96. The smallest absolute Gasteiger partial charge is 0.335 e. The number of aromatic nitrogens is 2. The number of aromatic hydroxyl groups is 1. The van der Waals surface area contributed by atoms with Crippen molar-refractivity contribution in [3.05, 3.63) is 70.1 Å². The van der Waals surface area contributed by atoms with Gasteiger partial charge >= 0.3 is 5.69 Å². The van der Waals surface area contributed by atoms with Crippen molar-refractivity contribution in [3.8, 4) is 17.6 Å². The van der Waals surface area contributed by atoms with Crippen molar-refractivity contribution in [1.82, 2.24) is 9.55 Å². The van der Waals surface area contributed by atoms with Gasteiger partial charge in [-0.1, -0.05) is 15.9 Å². The number of aryl methyl sites for hydroxylation is 3. The standard InChI is InChI=1S/C22H19BrN4O3S/c1-11-8-17(12(2)7-16(11)23)27-21(29)15(19(28)26-22(27)30)10-25-20-14(9-24)13-5-3-4-6-18(13)31-20/h7-8,10,29H,3-6H2,1-2H3,(H,26,28,30). The molecule has 158 valence electrons. The minimum Gasteiger partial charge on any atom is -0.493 e. The van der Waals surface area contributed by atoms with Gasteiger partial charge in [0.05, 0.1) is 11.3 Å². The Hall–Kier alpha value is -2.96.